The fraction of sp³-hybridized carbons (Fsp3) is 0.385. The molecule has 174 valence electrons. The first-order valence-corrected chi connectivity index (χ1v) is 11.9. The van der Waals surface area contributed by atoms with Crippen LogP contribution in [0.25, 0.3) is 0 Å². The zero-order chi connectivity index (χ0) is 23.4. The minimum Gasteiger partial charge on any atom is -0.322 e. The lowest BCUT2D eigenvalue weighted by atomic mass is 9.90. The first-order valence-electron chi connectivity index (χ1n) is 11.9. The van der Waals surface area contributed by atoms with Gasteiger partial charge in [0.15, 0.2) is 0 Å². The van der Waals surface area contributed by atoms with E-state index in [1.807, 2.05) is 17.0 Å². The Morgan fingerprint density at radius 1 is 1.03 bits per heavy atom. The predicted molar refractivity (Wildman–Crippen MR) is 124 cm³/mol. The first-order chi connectivity index (χ1) is 16.5. The molecule has 0 radical (unpaired) electrons. The molecule has 2 bridgehead atoms. The maximum Gasteiger partial charge on any atom is 0.322 e. The lowest BCUT2D eigenvalue weighted by Gasteiger charge is -2.33. The summed E-state index contributed by atoms with van der Waals surface area (Å²) in [6.45, 7) is 1.06. The summed E-state index contributed by atoms with van der Waals surface area (Å²) in [4.78, 5) is 53.3. The summed E-state index contributed by atoms with van der Waals surface area (Å²) in [5.41, 5.74) is 3.24. The molecule has 34 heavy (non-hydrogen) atoms. The SMILES string of the molecule is O=C1CCC(N2Cc3cc(NC(=O)N4C[C@H]5C[C@@H]4[C@H](c4ccccc4)C5)ccc3C2=O)C(=O)N1. The molecule has 5 amide bonds. The molecule has 8 nitrogen and oxygen atoms in total. The zero-order valence-corrected chi connectivity index (χ0v) is 18.7. The Morgan fingerprint density at radius 3 is 2.62 bits per heavy atom. The number of amides is 5. The number of anilines is 1. The van der Waals surface area contributed by atoms with Crippen LogP contribution in [0.1, 0.15) is 53.1 Å². The van der Waals surface area contributed by atoms with Gasteiger partial charge in [-0.2, -0.15) is 0 Å². The van der Waals surface area contributed by atoms with Gasteiger partial charge in [0.25, 0.3) is 5.91 Å². The van der Waals surface area contributed by atoms with Crippen LogP contribution in [0.5, 0.6) is 0 Å². The van der Waals surface area contributed by atoms with Crippen molar-refractivity contribution in [2.24, 2.45) is 5.92 Å². The van der Waals surface area contributed by atoms with E-state index in [4.69, 9.17) is 0 Å². The highest BCUT2D eigenvalue weighted by molar-refractivity contribution is 6.05. The Morgan fingerprint density at radius 2 is 1.85 bits per heavy atom. The number of fused-ring (bicyclic) bond motifs is 3. The maximum atomic E-state index is 13.2. The van der Waals surface area contributed by atoms with Crippen molar-refractivity contribution in [2.75, 3.05) is 11.9 Å². The van der Waals surface area contributed by atoms with Crippen molar-refractivity contribution in [3.63, 3.8) is 0 Å². The molecule has 0 spiro atoms. The molecule has 3 aliphatic heterocycles. The molecule has 2 aromatic carbocycles. The number of benzene rings is 2. The van der Waals surface area contributed by atoms with Crippen molar-refractivity contribution >= 4 is 29.4 Å². The van der Waals surface area contributed by atoms with E-state index in [1.54, 1.807) is 12.1 Å². The number of rotatable bonds is 3. The zero-order valence-electron chi connectivity index (χ0n) is 18.7. The van der Waals surface area contributed by atoms with Crippen LogP contribution in [-0.4, -0.2) is 52.2 Å². The van der Waals surface area contributed by atoms with Crippen molar-refractivity contribution in [2.45, 2.75) is 50.2 Å². The quantitative estimate of drug-likeness (QED) is 0.691. The van der Waals surface area contributed by atoms with Crippen LogP contribution in [0, 0.1) is 5.92 Å². The summed E-state index contributed by atoms with van der Waals surface area (Å²) in [5, 5.41) is 5.34. The van der Waals surface area contributed by atoms with E-state index in [1.165, 1.54) is 10.5 Å². The lowest BCUT2D eigenvalue weighted by Crippen LogP contribution is -2.52. The summed E-state index contributed by atoms with van der Waals surface area (Å²) in [6, 6.07) is 15.1. The van der Waals surface area contributed by atoms with Gasteiger partial charge >= 0.3 is 6.03 Å². The number of nitrogens with zero attached hydrogens (tertiary/aromatic N) is 2. The highest BCUT2D eigenvalue weighted by Crippen LogP contribution is 2.47. The Bertz CT molecular complexity index is 1200. The molecule has 2 saturated heterocycles. The van der Waals surface area contributed by atoms with Gasteiger partial charge in [-0.25, -0.2) is 4.79 Å². The minimum absolute atomic E-state index is 0.112. The maximum absolute atomic E-state index is 13.2. The number of carbonyl (C=O) groups is 4. The Hall–Kier alpha value is -3.68. The summed E-state index contributed by atoms with van der Waals surface area (Å²) in [6.07, 6.45) is 2.70. The third-order valence-electron chi connectivity index (χ3n) is 7.75. The summed E-state index contributed by atoms with van der Waals surface area (Å²) >= 11 is 0. The highest BCUT2D eigenvalue weighted by atomic mass is 16.2. The number of hydrogen-bond acceptors (Lipinski definition) is 4. The fourth-order valence-electron chi connectivity index (χ4n) is 6.16. The Labute approximate surface area is 197 Å². The van der Waals surface area contributed by atoms with Crippen LogP contribution >= 0.6 is 0 Å². The Balaban J connectivity index is 1.15. The van der Waals surface area contributed by atoms with Crippen LogP contribution in [0.2, 0.25) is 0 Å². The normalized spacial score (nSPS) is 27.7. The summed E-state index contributed by atoms with van der Waals surface area (Å²) in [5.74, 6) is -0.0560. The summed E-state index contributed by atoms with van der Waals surface area (Å²) in [7, 11) is 0. The topological polar surface area (TPSA) is 98.8 Å². The van der Waals surface area contributed by atoms with E-state index in [0.717, 1.165) is 24.9 Å². The number of piperidine rings is 2. The van der Waals surface area contributed by atoms with Gasteiger partial charge in [-0.15, -0.1) is 0 Å². The van der Waals surface area contributed by atoms with E-state index in [0.29, 0.717) is 29.5 Å². The molecule has 8 heteroatoms. The smallest absolute Gasteiger partial charge is 0.322 e. The molecule has 4 atom stereocenters. The molecule has 4 aliphatic rings. The fourth-order valence-corrected chi connectivity index (χ4v) is 6.16. The first kappa shape index (κ1) is 20.9. The third-order valence-corrected chi connectivity index (χ3v) is 7.75. The predicted octanol–water partition coefficient (Wildman–Crippen LogP) is 2.86. The number of likely N-dealkylation sites (tertiary alicyclic amines) is 1. The number of urea groups is 1. The van der Waals surface area contributed by atoms with E-state index < -0.39 is 11.9 Å². The van der Waals surface area contributed by atoms with Gasteiger partial charge in [-0.3, -0.25) is 19.7 Å². The second-order valence-electron chi connectivity index (χ2n) is 9.78. The van der Waals surface area contributed by atoms with Crippen LogP contribution in [-0.2, 0) is 16.1 Å². The monoisotopic (exact) mass is 458 g/mol. The second kappa shape index (κ2) is 7.97. The third kappa shape index (κ3) is 3.45. The summed E-state index contributed by atoms with van der Waals surface area (Å²) < 4.78 is 0. The van der Waals surface area contributed by atoms with Gasteiger partial charge < -0.3 is 15.1 Å². The van der Waals surface area contributed by atoms with Gasteiger partial charge in [0, 0.05) is 42.7 Å². The largest absolute Gasteiger partial charge is 0.322 e. The lowest BCUT2D eigenvalue weighted by molar-refractivity contribution is -0.136. The molecule has 6 rings (SSSR count). The molecule has 2 N–H and O–H groups in total. The highest BCUT2D eigenvalue weighted by Gasteiger charge is 2.47. The van der Waals surface area contributed by atoms with Gasteiger partial charge in [-0.1, -0.05) is 30.3 Å². The van der Waals surface area contributed by atoms with Crippen LogP contribution in [0.15, 0.2) is 48.5 Å². The van der Waals surface area contributed by atoms with Gasteiger partial charge in [0.2, 0.25) is 11.8 Å². The van der Waals surface area contributed by atoms with E-state index in [9.17, 15) is 19.2 Å². The van der Waals surface area contributed by atoms with Gasteiger partial charge in [0.1, 0.15) is 6.04 Å². The molecule has 1 aliphatic carbocycles. The van der Waals surface area contributed by atoms with E-state index >= 15 is 0 Å². The molecule has 1 unspecified atom stereocenters. The van der Waals surface area contributed by atoms with E-state index in [2.05, 4.69) is 34.9 Å². The number of carbonyl (C=O) groups excluding carboxylic acids is 4. The van der Waals surface area contributed by atoms with E-state index in [-0.39, 0.29) is 36.9 Å². The van der Waals surface area contributed by atoms with Crippen molar-refractivity contribution in [1.29, 1.82) is 0 Å². The number of hydrogen-bond donors (Lipinski definition) is 2. The van der Waals surface area contributed by atoms with Crippen molar-refractivity contribution in [3.05, 3.63) is 65.2 Å². The molecular formula is C26H26N4O4. The minimum atomic E-state index is -0.647. The van der Waals surface area contributed by atoms with Gasteiger partial charge in [-0.05, 0) is 54.5 Å². The molecule has 3 heterocycles. The molecule has 1 saturated carbocycles. The average molecular weight is 459 g/mol. The van der Waals surface area contributed by atoms with Crippen molar-refractivity contribution in [1.82, 2.24) is 15.1 Å². The Kier molecular flexibility index (Phi) is 4.90. The average Bonchev–Trinajstić information content (AvgIpc) is 3.53. The van der Waals surface area contributed by atoms with Crippen molar-refractivity contribution < 1.29 is 19.2 Å². The number of imide groups is 1. The number of nitrogens with one attached hydrogen (secondary N) is 2. The van der Waals surface area contributed by atoms with Gasteiger partial charge in [0.05, 0.1) is 0 Å². The molecule has 2 aromatic rings. The molecule has 0 aromatic heterocycles. The van der Waals surface area contributed by atoms with Crippen molar-refractivity contribution in [3.8, 4) is 0 Å². The molecular weight excluding hydrogens is 432 g/mol. The van der Waals surface area contributed by atoms with Crippen LogP contribution < -0.4 is 10.6 Å². The van der Waals surface area contributed by atoms with Crippen LogP contribution in [0.4, 0.5) is 10.5 Å². The standard InChI is InChI=1S/C26H26N4O4/c31-23-9-8-21(24(32)28-23)29-14-17-12-18(6-7-19(17)25(29)33)27-26(34)30-13-15-10-20(22(30)11-15)16-4-2-1-3-5-16/h1-7,12,15,20-22H,8-11,13-14H2,(H,27,34)(H,28,31,32)/t15-,20+,21?,22-/m1/s1. The second-order valence-corrected chi connectivity index (χ2v) is 9.78. The molecule has 3 fully saturated rings. The van der Waals surface area contributed by atoms with Crippen LogP contribution in [0.3, 0.4) is 0 Å².